The number of nitrogens with zero attached hydrogens (tertiary/aromatic N) is 3. The molecule has 7 heteroatoms. The quantitative estimate of drug-likeness (QED) is 0.551. The van der Waals surface area contributed by atoms with Crippen molar-refractivity contribution in [2.24, 2.45) is 0 Å². The lowest BCUT2D eigenvalue weighted by Gasteiger charge is -2.39. The highest BCUT2D eigenvalue weighted by molar-refractivity contribution is 7.80. The van der Waals surface area contributed by atoms with Crippen molar-refractivity contribution in [2.75, 3.05) is 25.7 Å². The van der Waals surface area contributed by atoms with Gasteiger partial charge in [-0.2, -0.15) is 0 Å². The maximum absolute atomic E-state index is 5.74. The van der Waals surface area contributed by atoms with Gasteiger partial charge in [-0.25, -0.2) is 4.98 Å². The molecule has 27 heavy (non-hydrogen) atoms. The second-order valence-electron chi connectivity index (χ2n) is 6.81. The van der Waals surface area contributed by atoms with Crippen LogP contribution in [-0.4, -0.2) is 41.5 Å². The monoisotopic (exact) mass is 388 g/mol. The predicted octanol–water partition coefficient (Wildman–Crippen LogP) is 3.53. The lowest BCUT2D eigenvalue weighted by molar-refractivity contribution is 0.354. The number of aromatic nitrogens is 2. The maximum Gasteiger partial charge on any atom is 0.173 e. The molecule has 0 unspecified atom stereocenters. The molecule has 0 atom stereocenters. The number of imidazole rings is 1. The summed E-state index contributed by atoms with van der Waals surface area (Å²) in [5.74, 6) is 1.45. The van der Waals surface area contributed by atoms with Crippen molar-refractivity contribution in [1.29, 1.82) is 0 Å². The molecule has 1 aliphatic rings. The zero-order valence-corrected chi connectivity index (χ0v) is 17.1. The second kappa shape index (κ2) is 9.08. The van der Waals surface area contributed by atoms with E-state index in [0.29, 0.717) is 6.04 Å². The largest absolute Gasteiger partial charge is 0.493 e. The van der Waals surface area contributed by atoms with Crippen LogP contribution in [0.15, 0.2) is 30.7 Å². The number of thiocarbonyl (C=S) groups is 1. The number of hydrogen-bond acceptors (Lipinski definition) is 4. The highest BCUT2D eigenvalue weighted by Gasteiger charge is 2.28. The van der Waals surface area contributed by atoms with Crippen molar-refractivity contribution in [2.45, 2.75) is 45.2 Å². The van der Waals surface area contributed by atoms with E-state index in [9.17, 15) is 0 Å². The number of methoxy groups -OCH3 is 2. The van der Waals surface area contributed by atoms with Gasteiger partial charge in [-0.1, -0.05) is 0 Å². The van der Waals surface area contributed by atoms with E-state index in [1.807, 2.05) is 30.7 Å². The molecular weight excluding hydrogens is 360 g/mol. The van der Waals surface area contributed by atoms with E-state index >= 15 is 0 Å². The molecule has 1 fully saturated rings. The molecule has 6 nitrogen and oxygen atoms in total. The van der Waals surface area contributed by atoms with Crippen LogP contribution in [0.2, 0.25) is 0 Å². The Bertz CT molecular complexity index is 773. The molecule has 0 spiro atoms. The van der Waals surface area contributed by atoms with E-state index in [0.717, 1.165) is 54.7 Å². The van der Waals surface area contributed by atoms with Crippen LogP contribution in [0, 0.1) is 6.92 Å². The topological polar surface area (TPSA) is 51.5 Å². The number of anilines is 1. The zero-order valence-electron chi connectivity index (χ0n) is 16.3. The van der Waals surface area contributed by atoms with Gasteiger partial charge in [-0.05, 0) is 57.0 Å². The molecule has 146 valence electrons. The van der Waals surface area contributed by atoms with Crippen LogP contribution < -0.4 is 19.7 Å². The standard InChI is InChI=1S/C20H28N4O2S/c1-15-13-21-14-23(15)11-5-10-22-20(27)24(16-6-4-7-16)17-8-9-18(25-2)19(12-17)26-3/h8-9,12-14,16H,4-7,10-11H2,1-3H3,(H,22,27). The van der Waals surface area contributed by atoms with Crippen molar-refractivity contribution in [3.63, 3.8) is 0 Å². The molecule has 1 aliphatic carbocycles. The van der Waals surface area contributed by atoms with Crippen LogP contribution in [-0.2, 0) is 6.54 Å². The Balaban J connectivity index is 1.64. The fourth-order valence-corrected chi connectivity index (χ4v) is 3.62. The molecule has 0 bridgehead atoms. The van der Waals surface area contributed by atoms with E-state index in [1.165, 1.54) is 12.1 Å². The Kier molecular flexibility index (Phi) is 6.55. The molecule has 0 amide bonds. The summed E-state index contributed by atoms with van der Waals surface area (Å²) in [5.41, 5.74) is 2.22. The van der Waals surface area contributed by atoms with E-state index in [-0.39, 0.29) is 0 Å². The molecule has 1 saturated carbocycles. The highest BCUT2D eigenvalue weighted by atomic mass is 32.1. The van der Waals surface area contributed by atoms with Gasteiger partial charge in [0.15, 0.2) is 16.6 Å². The number of rotatable bonds is 8. The first-order valence-corrected chi connectivity index (χ1v) is 9.80. The maximum atomic E-state index is 5.74. The second-order valence-corrected chi connectivity index (χ2v) is 7.19. The molecule has 0 radical (unpaired) electrons. The zero-order chi connectivity index (χ0) is 19.2. The van der Waals surface area contributed by atoms with Gasteiger partial charge in [-0.3, -0.25) is 0 Å². The number of ether oxygens (including phenoxy) is 2. The summed E-state index contributed by atoms with van der Waals surface area (Å²) in [5, 5.41) is 4.20. The molecule has 1 aromatic heterocycles. The molecular formula is C20H28N4O2S. The molecule has 1 aromatic carbocycles. The highest BCUT2D eigenvalue weighted by Crippen LogP contribution is 2.35. The van der Waals surface area contributed by atoms with Gasteiger partial charge in [0, 0.05) is 42.8 Å². The summed E-state index contributed by atoms with van der Waals surface area (Å²) in [6.45, 7) is 3.83. The minimum absolute atomic E-state index is 0.444. The SMILES string of the molecule is COc1ccc(N(C(=S)NCCCn2cncc2C)C2CCC2)cc1OC. The average Bonchev–Trinajstić information content (AvgIpc) is 3.05. The Morgan fingerprint density at radius 2 is 2.07 bits per heavy atom. The van der Waals surface area contributed by atoms with Crippen molar-refractivity contribution in [3.05, 3.63) is 36.4 Å². The van der Waals surface area contributed by atoms with E-state index < -0.39 is 0 Å². The third-order valence-electron chi connectivity index (χ3n) is 5.08. The first kappa shape index (κ1) is 19.5. The van der Waals surface area contributed by atoms with Crippen LogP contribution in [0.4, 0.5) is 5.69 Å². The normalized spacial score (nSPS) is 13.7. The Labute approximate surface area is 166 Å². The summed E-state index contributed by atoms with van der Waals surface area (Å²) in [6, 6.07) is 6.42. The minimum atomic E-state index is 0.444. The lowest BCUT2D eigenvalue weighted by atomic mass is 9.91. The van der Waals surface area contributed by atoms with Gasteiger partial charge < -0.3 is 24.3 Å². The van der Waals surface area contributed by atoms with Gasteiger partial charge >= 0.3 is 0 Å². The summed E-state index contributed by atoms with van der Waals surface area (Å²) in [6.07, 6.45) is 8.30. The summed E-state index contributed by atoms with van der Waals surface area (Å²) in [4.78, 5) is 6.39. The molecule has 0 saturated heterocycles. The molecule has 0 aliphatic heterocycles. The average molecular weight is 389 g/mol. The number of benzene rings is 1. The molecule has 1 heterocycles. The van der Waals surface area contributed by atoms with Gasteiger partial charge in [0.1, 0.15) is 0 Å². The number of aryl methyl sites for hydroxylation is 2. The fourth-order valence-electron chi connectivity index (χ4n) is 3.26. The van der Waals surface area contributed by atoms with Gasteiger partial charge in [0.25, 0.3) is 0 Å². The summed E-state index contributed by atoms with van der Waals surface area (Å²) in [7, 11) is 3.30. The third kappa shape index (κ3) is 4.53. The Morgan fingerprint density at radius 1 is 1.30 bits per heavy atom. The smallest absolute Gasteiger partial charge is 0.173 e. The predicted molar refractivity (Wildman–Crippen MR) is 112 cm³/mol. The van der Waals surface area contributed by atoms with Gasteiger partial charge in [0.2, 0.25) is 0 Å². The third-order valence-corrected chi connectivity index (χ3v) is 5.42. The minimum Gasteiger partial charge on any atom is -0.493 e. The van der Waals surface area contributed by atoms with Crippen LogP contribution >= 0.6 is 12.2 Å². The first-order chi connectivity index (χ1) is 13.1. The lowest BCUT2D eigenvalue weighted by Crippen LogP contribution is -2.49. The van der Waals surface area contributed by atoms with Crippen LogP contribution in [0.3, 0.4) is 0 Å². The number of hydrogen-bond donors (Lipinski definition) is 1. The Morgan fingerprint density at radius 3 is 2.67 bits per heavy atom. The fraction of sp³-hybridized carbons (Fsp3) is 0.500. The van der Waals surface area contributed by atoms with Crippen molar-refractivity contribution in [1.82, 2.24) is 14.9 Å². The Hall–Kier alpha value is -2.28. The molecule has 1 N–H and O–H groups in total. The summed E-state index contributed by atoms with van der Waals surface area (Å²) >= 11 is 5.74. The van der Waals surface area contributed by atoms with Crippen molar-refractivity contribution >= 4 is 23.0 Å². The van der Waals surface area contributed by atoms with Crippen LogP contribution in [0.1, 0.15) is 31.4 Å². The van der Waals surface area contributed by atoms with Crippen LogP contribution in [0.25, 0.3) is 0 Å². The van der Waals surface area contributed by atoms with E-state index in [4.69, 9.17) is 21.7 Å². The molecule has 2 aromatic rings. The van der Waals surface area contributed by atoms with Crippen molar-refractivity contribution in [3.8, 4) is 11.5 Å². The van der Waals surface area contributed by atoms with Crippen molar-refractivity contribution < 1.29 is 9.47 Å². The van der Waals surface area contributed by atoms with Gasteiger partial charge in [-0.15, -0.1) is 0 Å². The molecule has 3 rings (SSSR count). The van der Waals surface area contributed by atoms with Gasteiger partial charge in [0.05, 0.1) is 20.5 Å². The van der Waals surface area contributed by atoms with Crippen LogP contribution in [0.5, 0.6) is 11.5 Å². The van der Waals surface area contributed by atoms with E-state index in [2.05, 4.69) is 26.7 Å². The first-order valence-electron chi connectivity index (χ1n) is 9.40. The van der Waals surface area contributed by atoms with E-state index in [1.54, 1.807) is 14.2 Å². The number of nitrogens with one attached hydrogen (secondary N) is 1. The summed E-state index contributed by atoms with van der Waals surface area (Å²) < 4.78 is 13.0.